The number of rotatable bonds is 6. The number of carbonyl (C=O) groups excluding carboxylic acids is 1. The van der Waals surface area contributed by atoms with Crippen molar-refractivity contribution in [1.82, 2.24) is 9.88 Å². The van der Waals surface area contributed by atoms with E-state index in [0.717, 1.165) is 24.3 Å². The van der Waals surface area contributed by atoms with Crippen LogP contribution in [0.15, 0.2) is 35.2 Å². The van der Waals surface area contributed by atoms with E-state index in [2.05, 4.69) is 23.9 Å². The number of nitrogens with zero attached hydrogens (tertiary/aromatic N) is 3. The molecule has 0 aliphatic heterocycles. The molecule has 21 heavy (non-hydrogen) atoms. The number of thiazole rings is 1. The van der Waals surface area contributed by atoms with Gasteiger partial charge in [0, 0.05) is 37.3 Å². The molecule has 0 saturated carbocycles. The van der Waals surface area contributed by atoms with Crippen molar-refractivity contribution in [3.63, 3.8) is 0 Å². The van der Waals surface area contributed by atoms with Crippen LogP contribution in [0.5, 0.6) is 0 Å². The zero-order chi connectivity index (χ0) is 15.2. The maximum absolute atomic E-state index is 12.4. The average Bonchev–Trinajstić information content (AvgIpc) is 3.00. The molecule has 4 nitrogen and oxygen atoms in total. The molecule has 0 bridgehead atoms. The van der Waals surface area contributed by atoms with Gasteiger partial charge < -0.3 is 9.80 Å². The summed E-state index contributed by atoms with van der Waals surface area (Å²) in [6, 6.07) is 7.78. The van der Waals surface area contributed by atoms with Crippen molar-refractivity contribution < 1.29 is 4.79 Å². The summed E-state index contributed by atoms with van der Waals surface area (Å²) in [4.78, 5) is 20.5. The standard InChI is InChI=1S/C16H21N3OS/c1-4-9-18(2)15-7-5-13(6-8-15)16(20)19(3)10-14-11-21-12-17-14/h5-8,11-12H,4,9-10H2,1-3H3. The smallest absolute Gasteiger partial charge is 0.253 e. The van der Waals surface area contributed by atoms with Crippen LogP contribution in [0.1, 0.15) is 29.4 Å². The summed E-state index contributed by atoms with van der Waals surface area (Å²) in [6.45, 7) is 3.71. The minimum absolute atomic E-state index is 0.0210. The summed E-state index contributed by atoms with van der Waals surface area (Å²) >= 11 is 1.54. The number of hydrogen-bond donors (Lipinski definition) is 0. The van der Waals surface area contributed by atoms with E-state index >= 15 is 0 Å². The van der Waals surface area contributed by atoms with E-state index in [1.165, 1.54) is 0 Å². The number of benzene rings is 1. The second kappa shape index (κ2) is 7.22. The van der Waals surface area contributed by atoms with E-state index in [1.807, 2.05) is 29.6 Å². The molecule has 0 radical (unpaired) electrons. The van der Waals surface area contributed by atoms with Crippen molar-refractivity contribution in [2.45, 2.75) is 19.9 Å². The fourth-order valence-corrected chi connectivity index (χ4v) is 2.72. The Morgan fingerprint density at radius 3 is 2.52 bits per heavy atom. The number of amides is 1. The first kappa shape index (κ1) is 15.5. The van der Waals surface area contributed by atoms with Crippen LogP contribution in [0.4, 0.5) is 5.69 Å². The highest BCUT2D eigenvalue weighted by molar-refractivity contribution is 7.07. The molecule has 1 heterocycles. The van der Waals surface area contributed by atoms with Gasteiger partial charge in [-0.15, -0.1) is 11.3 Å². The quantitative estimate of drug-likeness (QED) is 0.822. The summed E-state index contributed by atoms with van der Waals surface area (Å²) in [6.07, 6.45) is 1.10. The van der Waals surface area contributed by atoms with Gasteiger partial charge in [0.25, 0.3) is 5.91 Å². The maximum atomic E-state index is 12.4. The van der Waals surface area contributed by atoms with E-state index in [-0.39, 0.29) is 5.91 Å². The van der Waals surface area contributed by atoms with Crippen molar-refractivity contribution in [2.75, 3.05) is 25.5 Å². The Morgan fingerprint density at radius 2 is 1.95 bits per heavy atom. The molecule has 1 aromatic carbocycles. The number of aromatic nitrogens is 1. The molecule has 1 amide bonds. The molecule has 2 rings (SSSR count). The summed E-state index contributed by atoms with van der Waals surface area (Å²) < 4.78 is 0. The Kier molecular flexibility index (Phi) is 5.33. The molecule has 0 aliphatic rings. The van der Waals surface area contributed by atoms with Crippen molar-refractivity contribution in [2.24, 2.45) is 0 Å². The van der Waals surface area contributed by atoms with Crippen LogP contribution >= 0.6 is 11.3 Å². The van der Waals surface area contributed by atoms with Crippen LogP contribution < -0.4 is 4.90 Å². The van der Waals surface area contributed by atoms with Gasteiger partial charge in [-0.2, -0.15) is 0 Å². The van der Waals surface area contributed by atoms with E-state index < -0.39 is 0 Å². The molecule has 5 heteroatoms. The number of carbonyl (C=O) groups is 1. The lowest BCUT2D eigenvalue weighted by Crippen LogP contribution is -2.26. The van der Waals surface area contributed by atoms with Gasteiger partial charge in [0.05, 0.1) is 17.7 Å². The maximum Gasteiger partial charge on any atom is 0.253 e. The molecular formula is C16H21N3OS. The topological polar surface area (TPSA) is 36.4 Å². The largest absolute Gasteiger partial charge is 0.375 e. The Hall–Kier alpha value is -1.88. The first-order valence-electron chi connectivity index (χ1n) is 7.05. The Morgan fingerprint density at radius 1 is 1.24 bits per heavy atom. The van der Waals surface area contributed by atoms with Gasteiger partial charge in [-0.1, -0.05) is 6.92 Å². The third kappa shape index (κ3) is 4.04. The number of hydrogen-bond acceptors (Lipinski definition) is 4. The molecule has 2 aromatic rings. The molecule has 0 saturated heterocycles. The van der Waals surface area contributed by atoms with Gasteiger partial charge in [0.2, 0.25) is 0 Å². The molecule has 0 unspecified atom stereocenters. The van der Waals surface area contributed by atoms with Crippen LogP contribution in [0.25, 0.3) is 0 Å². The van der Waals surface area contributed by atoms with Gasteiger partial charge in [0.1, 0.15) is 0 Å². The molecule has 0 atom stereocenters. The van der Waals surface area contributed by atoms with Gasteiger partial charge in [-0.25, -0.2) is 4.98 Å². The van der Waals surface area contributed by atoms with Crippen LogP contribution in [0.2, 0.25) is 0 Å². The van der Waals surface area contributed by atoms with E-state index in [9.17, 15) is 4.79 Å². The fourth-order valence-electron chi connectivity index (χ4n) is 2.17. The van der Waals surface area contributed by atoms with Crippen LogP contribution in [-0.4, -0.2) is 36.4 Å². The predicted molar refractivity (Wildman–Crippen MR) is 87.9 cm³/mol. The second-order valence-corrected chi connectivity index (χ2v) is 5.83. The molecule has 0 fully saturated rings. The molecule has 0 N–H and O–H groups in total. The molecule has 0 spiro atoms. The van der Waals surface area contributed by atoms with Gasteiger partial charge in [-0.3, -0.25) is 4.79 Å². The lowest BCUT2D eigenvalue weighted by Gasteiger charge is -2.19. The SMILES string of the molecule is CCCN(C)c1ccc(C(=O)N(C)Cc2cscn2)cc1. The highest BCUT2D eigenvalue weighted by Gasteiger charge is 2.13. The summed E-state index contributed by atoms with van der Waals surface area (Å²) in [7, 11) is 3.87. The summed E-state index contributed by atoms with van der Waals surface area (Å²) in [5.74, 6) is 0.0210. The van der Waals surface area contributed by atoms with Crippen LogP contribution in [0, 0.1) is 0 Å². The van der Waals surface area contributed by atoms with Crippen molar-refractivity contribution >= 4 is 22.9 Å². The molecular weight excluding hydrogens is 282 g/mol. The van der Waals surface area contributed by atoms with Gasteiger partial charge in [-0.05, 0) is 30.7 Å². The fraction of sp³-hybridized carbons (Fsp3) is 0.375. The van der Waals surface area contributed by atoms with Crippen molar-refractivity contribution in [3.05, 3.63) is 46.4 Å². The first-order chi connectivity index (χ1) is 10.1. The highest BCUT2D eigenvalue weighted by atomic mass is 32.1. The number of anilines is 1. The summed E-state index contributed by atoms with van der Waals surface area (Å²) in [5.41, 5.74) is 4.55. The highest BCUT2D eigenvalue weighted by Crippen LogP contribution is 2.16. The van der Waals surface area contributed by atoms with E-state index in [4.69, 9.17) is 0 Å². The zero-order valence-electron chi connectivity index (χ0n) is 12.7. The van der Waals surface area contributed by atoms with E-state index in [0.29, 0.717) is 12.1 Å². The zero-order valence-corrected chi connectivity index (χ0v) is 13.6. The van der Waals surface area contributed by atoms with Gasteiger partial charge >= 0.3 is 0 Å². The van der Waals surface area contributed by atoms with Crippen LogP contribution in [-0.2, 0) is 6.54 Å². The Balaban J connectivity index is 2.02. The van der Waals surface area contributed by atoms with Gasteiger partial charge in [0.15, 0.2) is 0 Å². The first-order valence-corrected chi connectivity index (χ1v) is 7.99. The lowest BCUT2D eigenvalue weighted by molar-refractivity contribution is 0.0783. The predicted octanol–water partition coefficient (Wildman–Crippen LogP) is 3.26. The minimum atomic E-state index is 0.0210. The monoisotopic (exact) mass is 303 g/mol. The molecule has 1 aromatic heterocycles. The Labute approximate surface area is 130 Å². The molecule has 112 valence electrons. The summed E-state index contributed by atoms with van der Waals surface area (Å²) in [5, 5.41) is 1.96. The third-order valence-corrected chi connectivity index (χ3v) is 3.98. The van der Waals surface area contributed by atoms with E-state index in [1.54, 1.807) is 28.8 Å². The van der Waals surface area contributed by atoms with Crippen molar-refractivity contribution in [3.8, 4) is 0 Å². The lowest BCUT2D eigenvalue weighted by atomic mass is 10.1. The minimum Gasteiger partial charge on any atom is -0.375 e. The normalized spacial score (nSPS) is 10.4. The third-order valence-electron chi connectivity index (χ3n) is 3.34. The Bertz CT molecular complexity index is 566. The van der Waals surface area contributed by atoms with Crippen molar-refractivity contribution in [1.29, 1.82) is 0 Å². The average molecular weight is 303 g/mol. The second-order valence-electron chi connectivity index (χ2n) is 5.11. The van der Waals surface area contributed by atoms with Crippen LogP contribution in [0.3, 0.4) is 0 Å². The molecule has 0 aliphatic carbocycles.